The van der Waals surface area contributed by atoms with E-state index in [1.165, 1.54) is 18.9 Å². The molecule has 1 aromatic rings. The maximum Gasteiger partial charge on any atom is 0.223 e. The highest BCUT2D eigenvalue weighted by Crippen LogP contribution is 2.53. The first-order chi connectivity index (χ1) is 20.0. The zero-order chi connectivity index (χ0) is 33.1. The van der Waals surface area contributed by atoms with Crippen LogP contribution in [0.25, 0.3) is 0 Å². The Morgan fingerprint density at radius 1 is 1.14 bits per heavy atom. The molecule has 3 rings (SSSR count). The minimum atomic E-state index is -0.247. The predicted molar refractivity (Wildman–Crippen MR) is 178 cm³/mol. The Morgan fingerprint density at radius 3 is 2.19 bits per heavy atom. The van der Waals surface area contributed by atoms with Gasteiger partial charge in [-0.1, -0.05) is 98.6 Å². The highest BCUT2D eigenvalue weighted by atomic mass is 19.1. The van der Waals surface area contributed by atoms with E-state index in [1.807, 2.05) is 0 Å². The molecule has 1 aliphatic heterocycles. The number of piperidine rings is 1. The summed E-state index contributed by atoms with van der Waals surface area (Å²) >= 11 is 0. The Labute approximate surface area is 263 Å². The van der Waals surface area contributed by atoms with Gasteiger partial charge in [0.2, 0.25) is 12.3 Å². The zero-order valence-corrected chi connectivity index (χ0v) is 29.1. The van der Waals surface area contributed by atoms with Gasteiger partial charge in [-0.3, -0.25) is 9.59 Å². The lowest BCUT2D eigenvalue weighted by atomic mass is 9.79. The maximum absolute atomic E-state index is 13.6. The van der Waals surface area contributed by atoms with Gasteiger partial charge < -0.3 is 15.3 Å². The summed E-state index contributed by atoms with van der Waals surface area (Å²) in [5.74, 6) is 3.66. The van der Waals surface area contributed by atoms with Gasteiger partial charge in [0.15, 0.2) is 0 Å². The number of benzene rings is 1. The van der Waals surface area contributed by atoms with Crippen LogP contribution in [0.1, 0.15) is 114 Å². The van der Waals surface area contributed by atoms with E-state index in [9.17, 15) is 14.0 Å². The summed E-state index contributed by atoms with van der Waals surface area (Å²) in [6.45, 7) is 27.5. The van der Waals surface area contributed by atoms with Crippen molar-refractivity contribution in [1.29, 1.82) is 0 Å². The van der Waals surface area contributed by atoms with Crippen LogP contribution in [0.4, 0.5) is 4.39 Å². The standard InChI is InChI=1S/C18H33NO.C16H22FNO.C3H8O/c1-7-11(3)13(5)15(8-2)10-17(20)19-12(4)9-16-14(6)18(16)19;1-12(10-16(2,3)4)15(18-11-19)9-13-7-5-6-8-14(13)17;1-3(2)4/h11-16,18H,7-10H2,1-6H3;5-8,11,15H,1,9-10H2,2-4H3,(H,18,19);3-4H,1-2H3. The van der Waals surface area contributed by atoms with E-state index >= 15 is 0 Å². The third-order valence-electron chi connectivity index (χ3n) is 9.36. The van der Waals surface area contributed by atoms with E-state index in [0.717, 1.165) is 42.6 Å². The molecule has 0 aromatic heterocycles. The largest absolute Gasteiger partial charge is 0.394 e. The van der Waals surface area contributed by atoms with Gasteiger partial charge in [0.25, 0.3) is 0 Å². The lowest BCUT2D eigenvalue weighted by Crippen LogP contribution is -2.39. The van der Waals surface area contributed by atoms with E-state index in [4.69, 9.17) is 5.11 Å². The van der Waals surface area contributed by atoms with Crippen molar-refractivity contribution in [2.75, 3.05) is 0 Å². The van der Waals surface area contributed by atoms with Gasteiger partial charge in [-0.2, -0.15) is 0 Å². The van der Waals surface area contributed by atoms with E-state index < -0.39 is 0 Å². The monoisotopic (exact) mass is 602 g/mol. The number of hydrogen-bond acceptors (Lipinski definition) is 3. The van der Waals surface area contributed by atoms with Crippen LogP contribution in [0.2, 0.25) is 0 Å². The van der Waals surface area contributed by atoms with Crippen molar-refractivity contribution >= 4 is 12.3 Å². The summed E-state index contributed by atoms with van der Waals surface area (Å²) < 4.78 is 13.6. The molecule has 0 radical (unpaired) electrons. The highest BCUT2D eigenvalue weighted by Gasteiger charge is 2.58. The molecule has 0 spiro atoms. The average Bonchev–Trinajstić information content (AvgIpc) is 3.36. The van der Waals surface area contributed by atoms with Gasteiger partial charge in [-0.15, -0.1) is 0 Å². The maximum atomic E-state index is 13.6. The van der Waals surface area contributed by atoms with Crippen LogP contribution in [0.5, 0.6) is 0 Å². The fourth-order valence-corrected chi connectivity index (χ4v) is 6.51. The Hall–Kier alpha value is -2.21. The second-order valence-corrected chi connectivity index (χ2v) is 14.6. The van der Waals surface area contributed by atoms with Crippen LogP contribution in [0.15, 0.2) is 36.4 Å². The summed E-state index contributed by atoms with van der Waals surface area (Å²) in [5.41, 5.74) is 1.61. The first-order valence-electron chi connectivity index (χ1n) is 16.6. The number of carbonyl (C=O) groups is 2. The van der Waals surface area contributed by atoms with E-state index in [0.29, 0.717) is 48.2 Å². The van der Waals surface area contributed by atoms with Gasteiger partial charge in [0.05, 0.1) is 6.04 Å². The minimum Gasteiger partial charge on any atom is -0.394 e. The number of hydrogen-bond donors (Lipinski definition) is 2. The fourth-order valence-electron chi connectivity index (χ4n) is 6.51. The predicted octanol–water partition coefficient (Wildman–Crippen LogP) is 8.20. The molecule has 2 fully saturated rings. The summed E-state index contributed by atoms with van der Waals surface area (Å²) in [5, 5.41) is 10.8. The summed E-state index contributed by atoms with van der Waals surface area (Å²) in [6.07, 6.45) is 6.04. The van der Waals surface area contributed by atoms with Crippen molar-refractivity contribution in [3.05, 3.63) is 47.8 Å². The minimum absolute atomic E-state index is 0.0924. The number of halogens is 1. The van der Waals surface area contributed by atoms with Crippen molar-refractivity contribution in [3.63, 3.8) is 0 Å². The third-order valence-corrected chi connectivity index (χ3v) is 9.36. The van der Waals surface area contributed by atoms with Crippen molar-refractivity contribution in [2.45, 2.75) is 139 Å². The third kappa shape index (κ3) is 12.7. The molecule has 1 aliphatic carbocycles. The Bertz CT molecular complexity index is 1000. The molecular weight excluding hydrogens is 539 g/mol. The molecule has 1 saturated heterocycles. The highest BCUT2D eigenvalue weighted by molar-refractivity contribution is 5.78. The number of rotatable bonds is 12. The molecule has 6 heteroatoms. The van der Waals surface area contributed by atoms with E-state index in [2.05, 4.69) is 79.1 Å². The zero-order valence-electron chi connectivity index (χ0n) is 29.1. The smallest absolute Gasteiger partial charge is 0.223 e. The molecule has 2 amide bonds. The Morgan fingerprint density at radius 2 is 1.72 bits per heavy atom. The van der Waals surface area contributed by atoms with Crippen LogP contribution < -0.4 is 5.32 Å². The van der Waals surface area contributed by atoms with Gasteiger partial charge in [-0.05, 0) is 86.7 Å². The van der Waals surface area contributed by atoms with Crippen LogP contribution in [-0.2, 0) is 16.0 Å². The number of nitrogens with zero attached hydrogens (tertiary/aromatic N) is 1. The molecule has 5 nitrogen and oxygen atoms in total. The number of aliphatic hydroxyl groups is 1. The molecule has 43 heavy (non-hydrogen) atoms. The molecular formula is C37H63FN2O3. The van der Waals surface area contributed by atoms with Gasteiger partial charge in [-0.25, -0.2) is 4.39 Å². The first kappa shape index (κ1) is 38.8. The Kier molecular flexibility index (Phi) is 16.2. The summed E-state index contributed by atoms with van der Waals surface area (Å²) in [7, 11) is 0. The number of fused-ring (bicyclic) bond motifs is 1. The van der Waals surface area contributed by atoms with Crippen molar-refractivity contribution in [2.24, 2.45) is 35.0 Å². The molecule has 8 atom stereocenters. The van der Waals surface area contributed by atoms with Crippen LogP contribution in [0.3, 0.4) is 0 Å². The van der Waals surface area contributed by atoms with Crippen LogP contribution in [-0.4, -0.2) is 46.6 Å². The molecule has 8 unspecified atom stereocenters. The summed E-state index contributed by atoms with van der Waals surface area (Å²) in [4.78, 5) is 25.7. The molecule has 246 valence electrons. The number of likely N-dealkylation sites (tertiary alicyclic amines) is 1. The SMILES string of the molecule is C=C(CC(C)(C)C)C(Cc1ccccc1F)NC=O.CC(C)O.CCC(C)C(C)C(CC)CC(=O)N1C(C)CC2C(C)C21. The van der Waals surface area contributed by atoms with Gasteiger partial charge in [0.1, 0.15) is 5.82 Å². The molecule has 0 bridgehead atoms. The summed E-state index contributed by atoms with van der Waals surface area (Å²) in [6, 6.07) is 7.44. The van der Waals surface area contributed by atoms with Gasteiger partial charge >= 0.3 is 0 Å². The lowest BCUT2D eigenvalue weighted by molar-refractivity contribution is -0.134. The molecule has 1 heterocycles. The number of aliphatic hydroxyl groups excluding tert-OH is 1. The van der Waals surface area contributed by atoms with Crippen molar-refractivity contribution < 1.29 is 19.1 Å². The van der Waals surface area contributed by atoms with E-state index in [-0.39, 0.29) is 23.4 Å². The van der Waals surface area contributed by atoms with Crippen molar-refractivity contribution in [3.8, 4) is 0 Å². The molecule has 2 N–H and O–H groups in total. The number of nitrogens with one attached hydrogen (secondary N) is 1. The quantitative estimate of drug-likeness (QED) is 0.187. The van der Waals surface area contributed by atoms with Crippen LogP contribution in [0, 0.1) is 40.8 Å². The second kappa shape index (κ2) is 17.9. The van der Waals surface area contributed by atoms with Crippen LogP contribution >= 0.6 is 0 Å². The topological polar surface area (TPSA) is 69.6 Å². The van der Waals surface area contributed by atoms with E-state index in [1.54, 1.807) is 32.0 Å². The Balaban J connectivity index is 0.000000383. The average molecular weight is 603 g/mol. The molecule has 1 saturated carbocycles. The fraction of sp³-hybridized carbons (Fsp3) is 0.730. The first-order valence-corrected chi connectivity index (χ1v) is 16.6. The normalized spacial score (nSPS) is 23.4. The second-order valence-electron chi connectivity index (χ2n) is 14.6. The molecule has 1 aromatic carbocycles. The van der Waals surface area contributed by atoms with Crippen molar-refractivity contribution in [1.82, 2.24) is 10.2 Å². The number of amides is 2. The number of carbonyl (C=O) groups excluding carboxylic acids is 2. The van der Waals surface area contributed by atoms with Gasteiger partial charge in [0, 0.05) is 24.6 Å². The molecule has 2 aliphatic rings. The lowest BCUT2D eigenvalue weighted by Gasteiger charge is -2.31.